The Labute approximate surface area is 101 Å². The van der Waals surface area contributed by atoms with Crippen molar-refractivity contribution in [1.82, 2.24) is 0 Å². The van der Waals surface area contributed by atoms with E-state index < -0.39 is 17.5 Å². The Kier molecular flexibility index (Phi) is 31.1. The van der Waals surface area contributed by atoms with Crippen molar-refractivity contribution < 1.29 is 25.2 Å². The van der Waals surface area contributed by atoms with E-state index in [1.165, 1.54) is 0 Å². The maximum absolute atomic E-state index is 8.25. The van der Waals surface area contributed by atoms with Crippen LogP contribution in [0.3, 0.4) is 0 Å². The summed E-state index contributed by atoms with van der Waals surface area (Å²) < 4.78 is 0. The molecule has 0 aromatic carbocycles. The molecule has 0 heterocycles. The maximum Gasteiger partial charge on any atom is 2.00 e. The quantitative estimate of drug-likeness (QED) is 0.220. The summed E-state index contributed by atoms with van der Waals surface area (Å²) in [5.41, 5.74) is 0. The van der Waals surface area contributed by atoms with Crippen molar-refractivity contribution in [1.29, 1.82) is 0 Å². The van der Waals surface area contributed by atoms with Crippen molar-refractivity contribution in [2.24, 2.45) is 0 Å². The standard InChI is InChI=1S/BH3O3.Ca.2NO3/c2-1(3)4;;2*2-1(3)4/h2-4H;;;/q;+2;2*-1. The van der Waals surface area contributed by atoms with Gasteiger partial charge in [-0.3, -0.25) is 0 Å². The second kappa shape index (κ2) is 17.6. The van der Waals surface area contributed by atoms with Gasteiger partial charge in [0.05, 0.1) is 10.2 Å². The first-order chi connectivity index (χ1) is 5.20. The van der Waals surface area contributed by atoms with Crippen LogP contribution in [0.5, 0.6) is 0 Å². The number of hydrogen-bond donors (Lipinski definition) is 3. The van der Waals surface area contributed by atoms with E-state index in [4.69, 9.17) is 45.7 Å². The van der Waals surface area contributed by atoms with Crippen LogP contribution in [0.4, 0.5) is 0 Å². The molecule has 0 saturated carbocycles. The first kappa shape index (κ1) is 22.9. The van der Waals surface area contributed by atoms with Crippen molar-refractivity contribution in [3.05, 3.63) is 30.6 Å². The van der Waals surface area contributed by atoms with Crippen molar-refractivity contribution in [3.63, 3.8) is 0 Å². The predicted octanol–water partition coefficient (Wildman–Crippen LogP) is -2.91. The molecular weight excluding hydrogens is 223 g/mol. The van der Waals surface area contributed by atoms with E-state index in [-0.39, 0.29) is 37.7 Å². The van der Waals surface area contributed by atoms with Crippen LogP contribution in [0.15, 0.2) is 0 Å². The van der Waals surface area contributed by atoms with Gasteiger partial charge in [0.1, 0.15) is 0 Å². The van der Waals surface area contributed by atoms with Crippen LogP contribution < -0.4 is 0 Å². The summed E-state index contributed by atoms with van der Waals surface area (Å²) in [6, 6.07) is 0. The fourth-order valence-corrected chi connectivity index (χ4v) is 0. The van der Waals surface area contributed by atoms with Crippen molar-refractivity contribution in [3.8, 4) is 0 Å². The summed E-state index contributed by atoms with van der Waals surface area (Å²) in [6.45, 7) is 0. The van der Waals surface area contributed by atoms with Gasteiger partial charge in [0.2, 0.25) is 0 Å². The molecule has 0 amide bonds. The van der Waals surface area contributed by atoms with E-state index >= 15 is 0 Å². The topological polar surface area (TPSA) is 193 Å². The van der Waals surface area contributed by atoms with Crippen molar-refractivity contribution >= 4 is 45.1 Å². The number of rotatable bonds is 0. The molecule has 0 atom stereocenters. The van der Waals surface area contributed by atoms with Crippen molar-refractivity contribution in [2.45, 2.75) is 0 Å². The molecule has 0 aromatic heterocycles. The molecule has 0 bridgehead atoms. The molecule has 0 unspecified atom stereocenters. The zero-order valence-corrected chi connectivity index (χ0v) is 8.18. The number of nitrogens with zero attached hydrogens (tertiary/aromatic N) is 2. The van der Waals surface area contributed by atoms with Crippen molar-refractivity contribution in [2.75, 3.05) is 0 Å². The van der Waals surface area contributed by atoms with Crippen LogP contribution >= 0.6 is 0 Å². The summed E-state index contributed by atoms with van der Waals surface area (Å²) in [6.07, 6.45) is 0. The molecule has 0 aliphatic rings. The first-order valence-electron chi connectivity index (χ1n) is 1.87. The summed E-state index contributed by atoms with van der Waals surface area (Å²) in [4.78, 5) is 16.5. The average molecular weight is 226 g/mol. The molecule has 0 fully saturated rings. The van der Waals surface area contributed by atoms with Crippen LogP contribution in [0.2, 0.25) is 0 Å². The van der Waals surface area contributed by atoms with E-state index in [9.17, 15) is 0 Å². The monoisotopic (exact) mass is 226 g/mol. The molecule has 0 aliphatic carbocycles. The second-order valence-corrected chi connectivity index (χ2v) is 0.794. The van der Waals surface area contributed by atoms with Crippen LogP contribution in [0.1, 0.15) is 0 Å². The number of hydrogen-bond acceptors (Lipinski definition) is 9. The van der Waals surface area contributed by atoms with Crippen LogP contribution in [-0.2, 0) is 0 Å². The zero-order chi connectivity index (χ0) is 10.7. The second-order valence-electron chi connectivity index (χ2n) is 0.794. The van der Waals surface area contributed by atoms with Gasteiger partial charge in [0.25, 0.3) is 0 Å². The average Bonchev–Trinajstić information content (AvgIpc) is 1.54. The van der Waals surface area contributed by atoms with Crippen LogP contribution in [-0.4, -0.2) is 70.3 Å². The van der Waals surface area contributed by atoms with Crippen LogP contribution in [0, 0.1) is 30.6 Å². The molecule has 0 saturated heterocycles. The van der Waals surface area contributed by atoms with Gasteiger partial charge < -0.3 is 45.7 Å². The molecule has 0 aromatic rings. The fraction of sp³-hybridized carbons (Fsp3) is 0. The molecule has 0 aliphatic heterocycles. The van der Waals surface area contributed by atoms with Gasteiger partial charge in [-0.05, 0) is 0 Å². The summed E-state index contributed by atoms with van der Waals surface area (Å²) >= 11 is 0. The fourth-order valence-electron chi connectivity index (χ4n) is 0. The third kappa shape index (κ3) is 6850. The summed E-state index contributed by atoms with van der Waals surface area (Å²) in [5, 5.41) is 51.0. The van der Waals surface area contributed by atoms with Crippen LogP contribution in [0.25, 0.3) is 0 Å². The third-order valence-electron chi connectivity index (χ3n) is 0. The molecule has 13 heteroatoms. The van der Waals surface area contributed by atoms with Gasteiger partial charge >= 0.3 is 45.1 Å². The Morgan fingerprint density at radius 1 is 0.846 bits per heavy atom. The van der Waals surface area contributed by atoms with E-state index in [2.05, 4.69) is 0 Å². The summed E-state index contributed by atoms with van der Waals surface area (Å²) in [7, 11) is -2.17. The minimum absolute atomic E-state index is 0. The molecule has 0 rings (SSSR count). The smallest absolute Gasteiger partial charge is 0.402 e. The van der Waals surface area contributed by atoms with Gasteiger partial charge in [-0.15, -0.1) is 0 Å². The van der Waals surface area contributed by atoms with E-state index in [1.807, 2.05) is 0 Å². The molecule has 72 valence electrons. The van der Waals surface area contributed by atoms with E-state index in [0.29, 0.717) is 0 Å². The molecule has 0 radical (unpaired) electrons. The Morgan fingerprint density at radius 3 is 0.846 bits per heavy atom. The van der Waals surface area contributed by atoms with Gasteiger partial charge in [-0.1, -0.05) is 0 Å². The molecule has 0 spiro atoms. The summed E-state index contributed by atoms with van der Waals surface area (Å²) in [5.74, 6) is 0. The minimum Gasteiger partial charge on any atom is -0.402 e. The van der Waals surface area contributed by atoms with E-state index in [0.717, 1.165) is 0 Å². The predicted molar refractivity (Wildman–Crippen MR) is 38.9 cm³/mol. The van der Waals surface area contributed by atoms with Gasteiger partial charge in [0, 0.05) is 0 Å². The third-order valence-corrected chi connectivity index (χ3v) is 0. The first-order valence-corrected chi connectivity index (χ1v) is 1.87. The Balaban J connectivity index is -0.0000000450. The zero-order valence-electron chi connectivity index (χ0n) is 5.97. The molecule has 3 N–H and O–H groups in total. The molecule has 13 heavy (non-hydrogen) atoms. The molecular formula is H3BCaN2O9. The Morgan fingerprint density at radius 2 is 0.846 bits per heavy atom. The molecule has 11 nitrogen and oxygen atoms in total. The maximum atomic E-state index is 8.25. The normalized spacial score (nSPS) is 5.77. The SMILES string of the molecule is O=[N+]([O-])[O-].O=[N+]([O-])[O-].OB(O)O.[Ca+2]. The largest absolute Gasteiger partial charge is 2.00 e. The van der Waals surface area contributed by atoms with Gasteiger partial charge in [0.15, 0.2) is 0 Å². The Bertz CT molecular complexity index is 102. The van der Waals surface area contributed by atoms with Gasteiger partial charge in [-0.25, -0.2) is 0 Å². The Hall–Kier alpha value is -0.395. The minimum atomic E-state index is -2.17. The van der Waals surface area contributed by atoms with Gasteiger partial charge in [-0.2, -0.15) is 0 Å². The van der Waals surface area contributed by atoms with E-state index in [1.54, 1.807) is 0 Å².